The van der Waals surface area contributed by atoms with Gasteiger partial charge in [-0.3, -0.25) is 0 Å². The van der Waals surface area contributed by atoms with E-state index in [1.165, 1.54) is 41.9 Å². The third-order valence-electron chi connectivity index (χ3n) is 4.52. The van der Waals surface area contributed by atoms with Crippen LogP contribution in [0.3, 0.4) is 0 Å². The highest BCUT2D eigenvalue weighted by Gasteiger charge is 2.18. The zero-order valence-electron chi connectivity index (χ0n) is 12.2. The van der Waals surface area contributed by atoms with Gasteiger partial charge >= 0.3 is 0 Å². The van der Waals surface area contributed by atoms with Gasteiger partial charge in [0.05, 0.1) is 11.0 Å². The van der Waals surface area contributed by atoms with Crippen molar-refractivity contribution in [1.29, 1.82) is 0 Å². The Morgan fingerprint density at radius 3 is 2.95 bits per heavy atom. The summed E-state index contributed by atoms with van der Waals surface area (Å²) < 4.78 is 2.30. The summed E-state index contributed by atoms with van der Waals surface area (Å²) in [6.07, 6.45) is 3.72. The van der Waals surface area contributed by atoms with E-state index < -0.39 is 0 Å². The summed E-state index contributed by atoms with van der Waals surface area (Å²) in [7, 11) is 2.16. The van der Waals surface area contributed by atoms with Gasteiger partial charge in [0.2, 0.25) is 0 Å². The van der Waals surface area contributed by atoms with Crippen LogP contribution < -0.4 is 5.32 Å². The van der Waals surface area contributed by atoms with Crippen molar-refractivity contribution in [2.45, 2.75) is 33.1 Å². The number of hydrogen-bond donors (Lipinski definition) is 1. The van der Waals surface area contributed by atoms with E-state index in [0.717, 1.165) is 24.4 Å². The van der Waals surface area contributed by atoms with Crippen LogP contribution in [0, 0.1) is 19.8 Å². The largest absolute Gasteiger partial charge is 0.331 e. The Morgan fingerprint density at radius 2 is 2.21 bits per heavy atom. The minimum Gasteiger partial charge on any atom is -0.331 e. The number of fused-ring (bicyclic) bond motifs is 1. The molecule has 2 heterocycles. The quantitative estimate of drug-likeness (QED) is 0.896. The van der Waals surface area contributed by atoms with Crippen LogP contribution in [-0.2, 0) is 13.5 Å². The van der Waals surface area contributed by atoms with Crippen molar-refractivity contribution >= 4 is 11.0 Å². The number of rotatable bonds is 2. The number of piperidine rings is 1. The van der Waals surface area contributed by atoms with Gasteiger partial charge in [0, 0.05) is 13.5 Å². The molecule has 0 radical (unpaired) electrons. The van der Waals surface area contributed by atoms with E-state index in [1.54, 1.807) is 0 Å². The fraction of sp³-hybridized carbons (Fsp3) is 0.562. The van der Waals surface area contributed by atoms with Crippen LogP contribution in [0.5, 0.6) is 0 Å². The molecule has 1 atom stereocenters. The molecule has 3 heteroatoms. The predicted molar refractivity (Wildman–Crippen MR) is 79.5 cm³/mol. The number of aromatic nitrogens is 2. The average molecular weight is 257 g/mol. The molecular weight excluding hydrogens is 234 g/mol. The summed E-state index contributed by atoms with van der Waals surface area (Å²) in [5, 5.41) is 3.49. The number of hydrogen-bond acceptors (Lipinski definition) is 2. The van der Waals surface area contributed by atoms with Gasteiger partial charge in [-0.15, -0.1) is 0 Å². The minimum atomic E-state index is 0.741. The fourth-order valence-corrected chi connectivity index (χ4v) is 3.18. The highest BCUT2D eigenvalue weighted by atomic mass is 15.1. The second-order valence-electron chi connectivity index (χ2n) is 5.88. The maximum atomic E-state index is 4.84. The molecule has 0 aliphatic carbocycles. The molecule has 1 unspecified atom stereocenters. The second-order valence-corrected chi connectivity index (χ2v) is 5.88. The van der Waals surface area contributed by atoms with Gasteiger partial charge in [-0.25, -0.2) is 4.98 Å². The Balaban J connectivity index is 1.96. The van der Waals surface area contributed by atoms with Gasteiger partial charge in [-0.05, 0) is 62.9 Å². The molecule has 3 rings (SSSR count). The van der Waals surface area contributed by atoms with Gasteiger partial charge in [-0.1, -0.05) is 6.07 Å². The Hall–Kier alpha value is -1.35. The molecule has 2 aromatic rings. The Labute approximate surface area is 115 Å². The molecule has 1 N–H and O–H groups in total. The van der Waals surface area contributed by atoms with Crippen LogP contribution in [0.1, 0.15) is 29.8 Å². The van der Waals surface area contributed by atoms with E-state index in [2.05, 4.69) is 42.9 Å². The first-order valence-electron chi connectivity index (χ1n) is 7.29. The van der Waals surface area contributed by atoms with Gasteiger partial charge in [-0.2, -0.15) is 0 Å². The number of nitrogens with zero attached hydrogens (tertiary/aromatic N) is 2. The molecule has 0 amide bonds. The van der Waals surface area contributed by atoms with Gasteiger partial charge in [0.15, 0.2) is 0 Å². The fourth-order valence-electron chi connectivity index (χ4n) is 3.18. The van der Waals surface area contributed by atoms with E-state index in [-0.39, 0.29) is 0 Å². The van der Waals surface area contributed by atoms with Crippen molar-refractivity contribution in [3.8, 4) is 0 Å². The molecule has 0 spiro atoms. The smallest absolute Gasteiger partial charge is 0.109 e. The summed E-state index contributed by atoms with van der Waals surface area (Å²) in [6.45, 7) is 6.69. The number of imidazole rings is 1. The molecule has 102 valence electrons. The van der Waals surface area contributed by atoms with Crippen molar-refractivity contribution in [3.05, 3.63) is 29.1 Å². The lowest BCUT2D eigenvalue weighted by Crippen LogP contribution is -2.31. The monoisotopic (exact) mass is 257 g/mol. The van der Waals surface area contributed by atoms with E-state index >= 15 is 0 Å². The number of nitrogens with one attached hydrogen (secondary N) is 1. The third kappa shape index (κ3) is 2.27. The lowest BCUT2D eigenvalue weighted by molar-refractivity contribution is 0.368. The van der Waals surface area contributed by atoms with Crippen molar-refractivity contribution in [2.24, 2.45) is 13.0 Å². The van der Waals surface area contributed by atoms with Gasteiger partial charge in [0.25, 0.3) is 0 Å². The summed E-state index contributed by atoms with van der Waals surface area (Å²) >= 11 is 0. The van der Waals surface area contributed by atoms with E-state index in [9.17, 15) is 0 Å². The zero-order chi connectivity index (χ0) is 13.4. The molecule has 1 aliphatic rings. The van der Waals surface area contributed by atoms with Crippen LogP contribution in [-0.4, -0.2) is 22.6 Å². The van der Waals surface area contributed by atoms with Gasteiger partial charge < -0.3 is 9.88 Å². The maximum Gasteiger partial charge on any atom is 0.109 e. The zero-order valence-corrected chi connectivity index (χ0v) is 12.2. The first-order valence-corrected chi connectivity index (χ1v) is 7.29. The molecule has 1 aliphatic heterocycles. The second kappa shape index (κ2) is 4.97. The first-order chi connectivity index (χ1) is 9.16. The highest BCUT2D eigenvalue weighted by molar-refractivity contribution is 5.80. The van der Waals surface area contributed by atoms with E-state index in [1.807, 2.05) is 0 Å². The summed E-state index contributed by atoms with van der Waals surface area (Å²) in [5.41, 5.74) is 5.16. The maximum absolute atomic E-state index is 4.84. The van der Waals surface area contributed by atoms with E-state index in [0.29, 0.717) is 0 Å². The number of benzene rings is 1. The molecular formula is C16H23N3. The summed E-state index contributed by atoms with van der Waals surface area (Å²) in [4.78, 5) is 4.84. The molecule has 1 fully saturated rings. The third-order valence-corrected chi connectivity index (χ3v) is 4.52. The molecule has 0 bridgehead atoms. The summed E-state index contributed by atoms with van der Waals surface area (Å²) in [6, 6.07) is 4.33. The normalized spacial score (nSPS) is 20.1. The van der Waals surface area contributed by atoms with Gasteiger partial charge in [0.1, 0.15) is 5.82 Å². The van der Waals surface area contributed by atoms with Crippen LogP contribution in [0.25, 0.3) is 11.0 Å². The lowest BCUT2D eigenvalue weighted by Gasteiger charge is -2.22. The molecule has 19 heavy (non-hydrogen) atoms. The molecule has 1 saturated heterocycles. The standard InChI is InChI=1S/C16H23N3/c1-11-6-7-14-16(12(11)2)19(3)15(18-14)9-13-5-4-8-17-10-13/h6-7,13,17H,4-5,8-10H2,1-3H3. The lowest BCUT2D eigenvalue weighted by atomic mass is 9.96. The van der Waals surface area contributed by atoms with Crippen LogP contribution in [0.4, 0.5) is 0 Å². The average Bonchev–Trinajstić information content (AvgIpc) is 2.73. The highest BCUT2D eigenvalue weighted by Crippen LogP contribution is 2.24. The molecule has 1 aromatic heterocycles. The van der Waals surface area contributed by atoms with Crippen molar-refractivity contribution in [2.75, 3.05) is 13.1 Å². The topological polar surface area (TPSA) is 29.9 Å². The minimum absolute atomic E-state index is 0.741. The predicted octanol–water partition coefficient (Wildman–Crippen LogP) is 2.73. The Kier molecular flexibility index (Phi) is 3.31. The van der Waals surface area contributed by atoms with Crippen LogP contribution >= 0.6 is 0 Å². The van der Waals surface area contributed by atoms with Crippen molar-refractivity contribution in [3.63, 3.8) is 0 Å². The van der Waals surface area contributed by atoms with Crippen molar-refractivity contribution < 1.29 is 0 Å². The SMILES string of the molecule is Cc1ccc2nc(CC3CCCNC3)n(C)c2c1C. The Bertz CT molecular complexity index is 592. The first kappa shape index (κ1) is 12.7. The summed E-state index contributed by atoms with van der Waals surface area (Å²) in [5.74, 6) is 1.98. The van der Waals surface area contributed by atoms with Crippen LogP contribution in [0.2, 0.25) is 0 Å². The molecule has 1 aromatic carbocycles. The molecule has 3 nitrogen and oxygen atoms in total. The number of aryl methyl sites for hydroxylation is 3. The Morgan fingerprint density at radius 1 is 1.37 bits per heavy atom. The molecule has 0 saturated carbocycles. The van der Waals surface area contributed by atoms with E-state index in [4.69, 9.17) is 4.98 Å². The van der Waals surface area contributed by atoms with Crippen LogP contribution in [0.15, 0.2) is 12.1 Å². The van der Waals surface area contributed by atoms with Crippen molar-refractivity contribution in [1.82, 2.24) is 14.9 Å².